The van der Waals surface area contributed by atoms with E-state index in [1.165, 1.54) is 5.57 Å². The van der Waals surface area contributed by atoms with Crippen molar-refractivity contribution in [3.63, 3.8) is 0 Å². The van der Waals surface area contributed by atoms with Crippen LogP contribution in [0.15, 0.2) is 22.8 Å². The number of carboxylic acids is 1. The third-order valence-electron chi connectivity index (χ3n) is 11.7. The van der Waals surface area contributed by atoms with E-state index in [4.69, 9.17) is 0 Å². The van der Waals surface area contributed by atoms with Gasteiger partial charge in [-0.2, -0.15) is 0 Å². The zero-order chi connectivity index (χ0) is 26.1. The minimum Gasteiger partial charge on any atom is -0.481 e. The Labute approximate surface area is 211 Å². The van der Waals surface area contributed by atoms with Gasteiger partial charge in [0, 0.05) is 29.2 Å². The topological polar surface area (TPSA) is 94.8 Å². The van der Waals surface area contributed by atoms with Gasteiger partial charge in [0.05, 0.1) is 17.6 Å². The summed E-state index contributed by atoms with van der Waals surface area (Å²) < 4.78 is 0. The molecule has 5 nitrogen and oxygen atoms in total. The van der Waals surface area contributed by atoms with E-state index in [-0.39, 0.29) is 29.5 Å². The van der Waals surface area contributed by atoms with E-state index in [0.717, 1.165) is 49.7 Å². The molecule has 0 aromatic rings. The molecule has 9 atom stereocenters. The summed E-state index contributed by atoms with van der Waals surface area (Å²) in [6.07, 6.45) is 6.36. The number of aliphatic hydroxyl groups excluding tert-OH is 2. The van der Waals surface area contributed by atoms with Crippen LogP contribution in [0.5, 0.6) is 0 Å². The number of aliphatic hydroxyl groups is 2. The largest absolute Gasteiger partial charge is 0.481 e. The number of allylic oxidation sites excluding steroid dienone is 3. The van der Waals surface area contributed by atoms with Crippen LogP contribution < -0.4 is 0 Å². The van der Waals surface area contributed by atoms with E-state index < -0.39 is 34.9 Å². The Morgan fingerprint density at radius 1 is 1.11 bits per heavy atom. The number of hydrogen-bond donors (Lipinski definition) is 3. The van der Waals surface area contributed by atoms with Crippen LogP contribution in [0.25, 0.3) is 0 Å². The Morgan fingerprint density at radius 3 is 2.37 bits per heavy atom. The predicted molar refractivity (Wildman–Crippen MR) is 137 cm³/mol. The van der Waals surface area contributed by atoms with Gasteiger partial charge in [-0.25, -0.2) is 0 Å². The zero-order valence-corrected chi connectivity index (χ0v) is 22.8. The van der Waals surface area contributed by atoms with Crippen molar-refractivity contribution in [1.82, 2.24) is 0 Å². The smallest absolute Gasteiger partial charge is 0.312 e. The molecule has 0 bridgehead atoms. The summed E-state index contributed by atoms with van der Waals surface area (Å²) in [6, 6.07) is 0. The van der Waals surface area contributed by atoms with Crippen molar-refractivity contribution in [2.24, 2.45) is 39.4 Å². The van der Waals surface area contributed by atoms with Crippen LogP contribution in [0, 0.1) is 39.4 Å². The van der Waals surface area contributed by atoms with Crippen molar-refractivity contribution in [2.75, 3.05) is 0 Å². The number of ketones is 1. The molecule has 0 aliphatic heterocycles. The number of carbonyl (C=O) groups excluding carboxylic acids is 1. The van der Waals surface area contributed by atoms with Crippen molar-refractivity contribution >= 4 is 11.8 Å². The maximum absolute atomic E-state index is 13.9. The second kappa shape index (κ2) is 8.55. The molecule has 2 fully saturated rings. The van der Waals surface area contributed by atoms with Crippen LogP contribution in [-0.4, -0.2) is 39.3 Å². The van der Waals surface area contributed by atoms with Gasteiger partial charge in [-0.05, 0) is 82.5 Å². The van der Waals surface area contributed by atoms with Gasteiger partial charge in [0.1, 0.15) is 0 Å². The molecule has 0 unspecified atom stereocenters. The van der Waals surface area contributed by atoms with Gasteiger partial charge in [0.15, 0.2) is 5.78 Å². The van der Waals surface area contributed by atoms with Crippen LogP contribution in [0.3, 0.4) is 0 Å². The molecule has 2 saturated carbocycles. The molecule has 3 N–H and O–H groups in total. The lowest BCUT2D eigenvalue weighted by Gasteiger charge is -2.62. The minimum absolute atomic E-state index is 0.00428. The number of aliphatic carboxylic acids is 1. The van der Waals surface area contributed by atoms with Crippen molar-refractivity contribution in [2.45, 2.75) is 112 Å². The van der Waals surface area contributed by atoms with Crippen molar-refractivity contribution in [3.05, 3.63) is 22.8 Å². The maximum atomic E-state index is 13.9. The monoisotopic (exact) mass is 486 g/mol. The van der Waals surface area contributed by atoms with Crippen LogP contribution in [-0.2, 0) is 9.59 Å². The standard InChI is InChI=1S/C30H46O5/c1-17(2)9-8-10-18(3)19-11-14-28(5)25-20(12-13-27(19,28)4)29(6)22(15-21(25)31)30(7,26(34)35)24(33)16-23(29)32/h9,18-19,22-24,32-33H,8,10-16H2,1-7H3,(H,34,35)/t18-,19+,22+,23+,24+,27+,28-,29+,30+/m0/s1. The summed E-state index contributed by atoms with van der Waals surface area (Å²) in [4.78, 5) is 26.4. The number of carbonyl (C=O) groups is 2. The highest BCUT2D eigenvalue weighted by atomic mass is 16.4. The Morgan fingerprint density at radius 2 is 1.77 bits per heavy atom. The van der Waals surface area contributed by atoms with E-state index in [9.17, 15) is 24.9 Å². The van der Waals surface area contributed by atoms with Crippen LogP contribution in [0.4, 0.5) is 0 Å². The third kappa shape index (κ3) is 3.47. The lowest BCUT2D eigenvalue weighted by molar-refractivity contribution is -0.192. The van der Waals surface area contributed by atoms with Crippen molar-refractivity contribution in [1.29, 1.82) is 0 Å². The van der Waals surface area contributed by atoms with Gasteiger partial charge < -0.3 is 15.3 Å². The lowest BCUT2D eigenvalue weighted by Crippen LogP contribution is -2.64. The number of fused-ring (bicyclic) bond motifs is 4. The molecule has 4 aliphatic rings. The van der Waals surface area contributed by atoms with Gasteiger partial charge in [-0.1, -0.05) is 44.9 Å². The van der Waals surface area contributed by atoms with Crippen LogP contribution in [0.2, 0.25) is 0 Å². The van der Waals surface area contributed by atoms with Gasteiger partial charge in [0.2, 0.25) is 0 Å². The van der Waals surface area contributed by atoms with E-state index in [1.807, 2.05) is 6.92 Å². The Kier molecular flexibility index (Phi) is 6.50. The number of hydrogen-bond acceptors (Lipinski definition) is 4. The van der Waals surface area contributed by atoms with E-state index >= 15 is 0 Å². The Bertz CT molecular complexity index is 975. The highest BCUT2D eigenvalue weighted by Gasteiger charge is 2.69. The SMILES string of the molecule is CC(C)=CCC[C@H](C)[C@H]1CC[C@@]2(C)C3=C(CC[C@]12C)[C@]1(C)[C@@H](CC3=O)[C@@](C)(C(=O)O)[C@H](O)C[C@H]1O. The molecule has 0 amide bonds. The summed E-state index contributed by atoms with van der Waals surface area (Å²) in [6.45, 7) is 14.9. The molecular formula is C30H46O5. The fraction of sp³-hybridized carbons (Fsp3) is 0.800. The zero-order valence-electron chi connectivity index (χ0n) is 22.8. The molecule has 4 aliphatic carbocycles. The molecule has 4 rings (SSSR count). The van der Waals surface area contributed by atoms with Crippen LogP contribution >= 0.6 is 0 Å². The lowest BCUT2D eigenvalue weighted by atomic mass is 9.42. The summed E-state index contributed by atoms with van der Waals surface area (Å²) in [5.41, 5.74) is 0.706. The number of rotatable bonds is 5. The Hall–Kier alpha value is -1.46. The second-order valence-corrected chi connectivity index (χ2v) is 13.4. The number of Topliss-reactive ketones (excluding diaryl/α,β-unsaturated/α-hetero) is 1. The second-order valence-electron chi connectivity index (χ2n) is 13.4. The highest BCUT2D eigenvalue weighted by Crippen LogP contribution is 2.71. The highest BCUT2D eigenvalue weighted by molar-refractivity contribution is 6.00. The summed E-state index contributed by atoms with van der Waals surface area (Å²) >= 11 is 0. The first kappa shape index (κ1) is 26.6. The quantitative estimate of drug-likeness (QED) is 0.434. The van der Waals surface area contributed by atoms with E-state index in [2.05, 4.69) is 40.7 Å². The van der Waals surface area contributed by atoms with Crippen molar-refractivity contribution < 1.29 is 24.9 Å². The van der Waals surface area contributed by atoms with Gasteiger partial charge in [0.25, 0.3) is 0 Å². The summed E-state index contributed by atoms with van der Waals surface area (Å²) in [7, 11) is 0. The van der Waals surface area contributed by atoms with Crippen molar-refractivity contribution in [3.8, 4) is 0 Å². The molecule has 0 heterocycles. The molecule has 35 heavy (non-hydrogen) atoms. The van der Waals surface area contributed by atoms with E-state index in [0.29, 0.717) is 11.8 Å². The first-order valence-electron chi connectivity index (χ1n) is 13.7. The first-order valence-corrected chi connectivity index (χ1v) is 13.7. The molecule has 5 heteroatoms. The molecule has 0 radical (unpaired) electrons. The summed E-state index contributed by atoms with van der Waals surface area (Å²) in [5, 5.41) is 32.3. The minimum atomic E-state index is -1.46. The Balaban J connectivity index is 1.77. The molecule has 196 valence electrons. The molecule has 0 aromatic heterocycles. The molecule has 0 spiro atoms. The molecule has 0 saturated heterocycles. The predicted octanol–water partition coefficient (Wildman–Crippen LogP) is 5.69. The van der Waals surface area contributed by atoms with E-state index in [1.54, 1.807) is 6.92 Å². The average Bonchev–Trinajstić information content (AvgIpc) is 3.04. The summed E-state index contributed by atoms with van der Waals surface area (Å²) in [5.74, 6) is -0.559. The van der Waals surface area contributed by atoms with Gasteiger partial charge in [-0.15, -0.1) is 0 Å². The van der Waals surface area contributed by atoms with Gasteiger partial charge >= 0.3 is 5.97 Å². The molecular weight excluding hydrogens is 440 g/mol. The molecule has 0 aromatic carbocycles. The fourth-order valence-corrected chi connectivity index (χ4v) is 9.14. The average molecular weight is 487 g/mol. The fourth-order valence-electron chi connectivity index (χ4n) is 9.14. The normalized spacial score (nSPS) is 45.9. The van der Waals surface area contributed by atoms with Crippen LogP contribution in [0.1, 0.15) is 99.8 Å². The maximum Gasteiger partial charge on any atom is 0.312 e. The number of carboxylic acid groups (broad SMARTS) is 1. The van der Waals surface area contributed by atoms with Gasteiger partial charge in [-0.3, -0.25) is 9.59 Å². The third-order valence-corrected chi connectivity index (χ3v) is 11.7. The first-order chi connectivity index (χ1) is 16.2.